The van der Waals surface area contributed by atoms with Crippen LogP contribution in [0.2, 0.25) is 0 Å². The van der Waals surface area contributed by atoms with Gasteiger partial charge in [-0.05, 0) is 51.4 Å². The Morgan fingerprint density at radius 2 is 2.05 bits per heavy atom. The highest BCUT2D eigenvalue weighted by Crippen LogP contribution is 2.31. The van der Waals surface area contributed by atoms with Crippen molar-refractivity contribution in [2.75, 3.05) is 39.8 Å². The Bertz CT molecular complexity index is 543. The van der Waals surface area contributed by atoms with E-state index in [1.807, 2.05) is 13.8 Å². The number of carbonyl (C=O) groups is 1. The van der Waals surface area contributed by atoms with Crippen LogP contribution in [0, 0.1) is 6.92 Å². The molecule has 1 aromatic rings. The van der Waals surface area contributed by atoms with Gasteiger partial charge in [0.25, 0.3) is 0 Å². The smallest absolute Gasteiger partial charge is 0.336 e. The van der Waals surface area contributed by atoms with Gasteiger partial charge in [-0.3, -0.25) is 0 Å². The number of rotatable bonds is 6. The van der Waals surface area contributed by atoms with Crippen LogP contribution in [0.5, 0.6) is 0 Å². The lowest BCUT2D eigenvalue weighted by molar-refractivity contribution is 0.0696. The average Bonchev–Trinajstić information content (AvgIpc) is 2.87. The third-order valence-corrected chi connectivity index (χ3v) is 5.58. The molecule has 1 aliphatic heterocycles. The van der Waals surface area contributed by atoms with Crippen LogP contribution in [-0.2, 0) is 0 Å². The molecule has 1 aliphatic rings. The molecule has 2 rings (SSSR count). The summed E-state index contributed by atoms with van der Waals surface area (Å²) in [7, 11) is 2.18. The van der Waals surface area contributed by atoms with Crippen LogP contribution in [0.15, 0.2) is 11.5 Å². The van der Waals surface area contributed by atoms with Gasteiger partial charge in [-0.25, -0.2) is 4.79 Å². The maximum Gasteiger partial charge on any atom is 0.336 e. The fourth-order valence-corrected chi connectivity index (χ4v) is 4.07. The maximum absolute atomic E-state index is 11.2. The molecule has 1 N–H and O–H groups in total. The van der Waals surface area contributed by atoms with Crippen molar-refractivity contribution >= 4 is 22.9 Å². The lowest BCUT2D eigenvalue weighted by Crippen LogP contribution is -2.44. The predicted molar refractivity (Wildman–Crippen MR) is 92.8 cm³/mol. The normalized spacial score (nSPS) is 17.9. The fourth-order valence-electron chi connectivity index (χ4n) is 2.90. The minimum Gasteiger partial charge on any atom is -0.478 e. The van der Waals surface area contributed by atoms with Gasteiger partial charge in [0.05, 0.1) is 5.56 Å². The first-order chi connectivity index (χ1) is 10.5. The molecule has 1 saturated heterocycles. The molecular weight excluding hydrogens is 296 g/mol. The third-order valence-electron chi connectivity index (χ3n) is 4.43. The molecule has 0 bridgehead atoms. The van der Waals surface area contributed by atoms with Gasteiger partial charge < -0.3 is 14.9 Å². The number of carboxylic acid groups (broad SMARTS) is 1. The van der Waals surface area contributed by atoms with Crippen molar-refractivity contribution in [3.8, 4) is 0 Å². The first kappa shape index (κ1) is 17.2. The van der Waals surface area contributed by atoms with E-state index in [9.17, 15) is 9.90 Å². The average molecular weight is 322 g/mol. The second-order valence-electron chi connectivity index (χ2n) is 5.97. The van der Waals surface area contributed by atoms with Gasteiger partial charge in [0.2, 0.25) is 0 Å². The SMILES string of the molecule is C/C=C(\CCCN1CCN(C)CC1)c1scc(C(=O)O)c1C. The molecule has 2 heterocycles. The van der Waals surface area contributed by atoms with E-state index in [0.29, 0.717) is 5.56 Å². The van der Waals surface area contributed by atoms with Crippen molar-refractivity contribution in [1.82, 2.24) is 9.80 Å². The highest BCUT2D eigenvalue weighted by molar-refractivity contribution is 7.11. The molecule has 0 saturated carbocycles. The number of allylic oxidation sites excluding steroid dienone is 2. The molecule has 0 spiro atoms. The Hall–Kier alpha value is -1.17. The van der Waals surface area contributed by atoms with E-state index in [1.165, 1.54) is 5.57 Å². The highest BCUT2D eigenvalue weighted by atomic mass is 32.1. The summed E-state index contributed by atoms with van der Waals surface area (Å²) >= 11 is 1.55. The number of likely N-dealkylation sites (N-methyl/N-ethyl adjacent to an activating group) is 1. The van der Waals surface area contributed by atoms with Gasteiger partial charge in [-0.2, -0.15) is 0 Å². The zero-order valence-electron chi connectivity index (χ0n) is 13.8. The molecule has 4 nitrogen and oxygen atoms in total. The van der Waals surface area contributed by atoms with Crippen LogP contribution in [0.3, 0.4) is 0 Å². The number of aromatic carboxylic acids is 1. The molecule has 0 unspecified atom stereocenters. The largest absolute Gasteiger partial charge is 0.478 e. The molecule has 0 atom stereocenters. The number of piperazine rings is 1. The Labute approximate surface area is 137 Å². The van der Waals surface area contributed by atoms with E-state index in [0.717, 1.165) is 56.0 Å². The zero-order chi connectivity index (χ0) is 16.1. The lowest BCUT2D eigenvalue weighted by Gasteiger charge is -2.32. The van der Waals surface area contributed by atoms with Crippen LogP contribution < -0.4 is 0 Å². The summed E-state index contributed by atoms with van der Waals surface area (Å²) in [5, 5.41) is 10.9. The fraction of sp³-hybridized carbons (Fsp3) is 0.588. The van der Waals surface area contributed by atoms with Gasteiger partial charge in [-0.1, -0.05) is 6.08 Å². The Morgan fingerprint density at radius 1 is 1.36 bits per heavy atom. The predicted octanol–water partition coefficient (Wildman–Crippen LogP) is 3.19. The molecule has 0 radical (unpaired) electrons. The van der Waals surface area contributed by atoms with Gasteiger partial charge in [0.1, 0.15) is 0 Å². The van der Waals surface area contributed by atoms with Gasteiger partial charge >= 0.3 is 5.97 Å². The number of carboxylic acids is 1. The van der Waals surface area contributed by atoms with E-state index in [2.05, 4.69) is 22.9 Å². The van der Waals surface area contributed by atoms with Crippen molar-refractivity contribution in [3.63, 3.8) is 0 Å². The second kappa shape index (κ2) is 7.90. The molecule has 0 amide bonds. The summed E-state index contributed by atoms with van der Waals surface area (Å²) in [6.07, 6.45) is 4.28. The van der Waals surface area contributed by atoms with Crippen molar-refractivity contribution in [2.24, 2.45) is 0 Å². The summed E-state index contributed by atoms with van der Waals surface area (Å²) in [5.41, 5.74) is 2.63. The van der Waals surface area contributed by atoms with Crippen molar-refractivity contribution in [1.29, 1.82) is 0 Å². The van der Waals surface area contributed by atoms with E-state index >= 15 is 0 Å². The van der Waals surface area contributed by atoms with Gasteiger partial charge in [0, 0.05) is 36.4 Å². The topological polar surface area (TPSA) is 43.8 Å². The number of hydrogen-bond acceptors (Lipinski definition) is 4. The second-order valence-corrected chi connectivity index (χ2v) is 6.85. The van der Waals surface area contributed by atoms with E-state index < -0.39 is 5.97 Å². The minimum absolute atomic E-state index is 0.443. The molecular formula is C17H26N2O2S. The first-order valence-electron chi connectivity index (χ1n) is 7.90. The Balaban J connectivity index is 1.89. The zero-order valence-corrected chi connectivity index (χ0v) is 14.6. The van der Waals surface area contributed by atoms with Crippen LogP contribution in [0.25, 0.3) is 5.57 Å². The van der Waals surface area contributed by atoms with E-state index in [-0.39, 0.29) is 0 Å². The molecule has 0 aliphatic carbocycles. The highest BCUT2D eigenvalue weighted by Gasteiger charge is 2.17. The number of nitrogens with zero attached hydrogens (tertiary/aromatic N) is 2. The lowest BCUT2D eigenvalue weighted by atomic mass is 10.0. The number of hydrogen-bond donors (Lipinski definition) is 1. The van der Waals surface area contributed by atoms with Crippen LogP contribution in [0.4, 0.5) is 0 Å². The van der Waals surface area contributed by atoms with Crippen molar-refractivity contribution < 1.29 is 9.90 Å². The van der Waals surface area contributed by atoms with Crippen LogP contribution in [0.1, 0.15) is 40.6 Å². The van der Waals surface area contributed by atoms with Crippen molar-refractivity contribution in [2.45, 2.75) is 26.7 Å². The summed E-state index contributed by atoms with van der Waals surface area (Å²) < 4.78 is 0. The summed E-state index contributed by atoms with van der Waals surface area (Å²) in [6, 6.07) is 0. The number of thiophene rings is 1. The van der Waals surface area contributed by atoms with E-state index in [4.69, 9.17) is 0 Å². The van der Waals surface area contributed by atoms with Gasteiger partial charge in [0.15, 0.2) is 0 Å². The Kier molecular flexibility index (Phi) is 6.17. The quantitative estimate of drug-likeness (QED) is 0.873. The summed E-state index contributed by atoms with van der Waals surface area (Å²) in [6.45, 7) is 9.71. The third kappa shape index (κ3) is 4.18. The Morgan fingerprint density at radius 3 is 2.59 bits per heavy atom. The van der Waals surface area contributed by atoms with E-state index in [1.54, 1.807) is 16.7 Å². The molecule has 1 aromatic heterocycles. The van der Waals surface area contributed by atoms with Crippen molar-refractivity contribution in [3.05, 3.63) is 27.5 Å². The van der Waals surface area contributed by atoms with Gasteiger partial charge in [-0.15, -0.1) is 11.3 Å². The molecule has 122 valence electrons. The standard InChI is InChI=1S/C17H26N2O2S/c1-4-14(16-13(2)15(12-22-16)17(20)21)6-5-7-19-10-8-18(3)9-11-19/h4,12H,5-11H2,1-3H3,(H,20,21)/b14-4+. The summed E-state index contributed by atoms with van der Waals surface area (Å²) in [5.74, 6) is -0.826. The maximum atomic E-state index is 11.2. The summed E-state index contributed by atoms with van der Waals surface area (Å²) in [4.78, 5) is 17.2. The molecule has 1 fully saturated rings. The van der Waals surface area contributed by atoms with Crippen LogP contribution in [-0.4, -0.2) is 60.6 Å². The monoisotopic (exact) mass is 322 g/mol. The molecule has 22 heavy (non-hydrogen) atoms. The minimum atomic E-state index is -0.826. The van der Waals surface area contributed by atoms with Crippen LogP contribution >= 0.6 is 11.3 Å². The molecule has 5 heteroatoms. The first-order valence-corrected chi connectivity index (χ1v) is 8.78. The molecule has 0 aromatic carbocycles.